The van der Waals surface area contributed by atoms with Gasteiger partial charge in [-0.3, -0.25) is 10.1 Å². The fourth-order valence-corrected chi connectivity index (χ4v) is 2.60. The Morgan fingerprint density at radius 3 is 2.71 bits per heavy atom. The molecule has 1 aromatic carbocycles. The number of aromatic hydroxyl groups is 2. The monoisotopic (exact) mass is 340 g/mol. The summed E-state index contributed by atoms with van der Waals surface area (Å²) in [6, 6.07) is 7.57. The predicted octanol–water partition coefficient (Wildman–Crippen LogP) is 2.66. The number of thiazole rings is 1. The molecule has 8 heteroatoms. The summed E-state index contributed by atoms with van der Waals surface area (Å²) in [6.07, 6.45) is 1.57. The Bertz CT molecular complexity index is 909. The molecule has 0 radical (unpaired) electrons. The number of hydrogen-bond donors (Lipinski definition) is 3. The number of hydrogen-bond acceptors (Lipinski definition) is 7. The van der Waals surface area contributed by atoms with Crippen molar-refractivity contribution in [2.75, 3.05) is 5.32 Å². The second-order valence-corrected chi connectivity index (χ2v) is 5.64. The first-order valence-corrected chi connectivity index (χ1v) is 7.69. The van der Waals surface area contributed by atoms with Gasteiger partial charge in [0, 0.05) is 17.2 Å². The third kappa shape index (κ3) is 3.23. The van der Waals surface area contributed by atoms with Crippen molar-refractivity contribution in [3.05, 3.63) is 54.1 Å². The zero-order valence-corrected chi connectivity index (χ0v) is 13.1. The summed E-state index contributed by atoms with van der Waals surface area (Å²) in [6.45, 7) is 3.71. The van der Waals surface area contributed by atoms with Gasteiger partial charge in [-0.15, -0.1) is 16.4 Å². The van der Waals surface area contributed by atoms with Crippen molar-refractivity contribution in [3.63, 3.8) is 0 Å². The van der Waals surface area contributed by atoms with Crippen LogP contribution in [0.4, 0.5) is 5.13 Å². The average molecular weight is 340 g/mol. The highest BCUT2D eigenvalue weighted by molar-refractivity contribution is 7.14. The van der Waals surface area contributed by atoms with Crippen LogP contribution in [-0.2, 0) is 4.79 Å². The van der Waals surface area contributed by atoms with E-state index in [1.54, 1.807) is 23.7 Å². The van der Waals surface area contributed by atoms with Crippen LogP contribution in [0.15, 0.2) is 48.5 Å². The number of phenolic OH excluding ortho intramolecular Hbond substituents is 2. The molecule has 3 N–H and O–H groups in total. The first-order chi connectivity index (χ1) is 11.5. The highest BCUT2D eigenvalue weighted by Gasteiger charge is 2.14. The molecule has 1 amide bonds. The van der Waals surface area contributed by atoms with Crippen LogP contribution in [0.1, 0.15) is 5.56 Å². The lowest BCUT2D eigenvalue weighted by Gasteiger charge is -2.06. The molecule has 3 aromatic rings. The van der Waals surface area contributed by atoms with E-state index in [4.69, 9.17) is 0 Å². The normalized spacial score (nSPS) is 10.3. The Hall–Kier alpha value is -3.26. The summed E-state index contributed by atoms with van der Waals surface area (Å²) in [7, 11) is 0. The van der Waals surface area contributed by atoms with Gasteiger partial charge in [-0.25, -0.2) is 4.98 Å². The molecule has 0 bridgehead atoms. The van der Waals surface area contributed by atoms with E-state index in [1.165, 1.54) is 29.5 Å². The molecule has 0 aliphatic heterocycles. The molecule has 3 rings (SSSR count). The maximum absolute atomic E-state index is 12.2. The summed E-state index contributed by atoms with van der Waals surface area (Å²) < 4.78 is 0. The van der Waals surface area contributed by atoms with E-state index in [1.807, 2.05) is 0 Å². The van der Waals surface area contributed by atoms with Crippen molar-refractivity contribution in [1.82, 2.24) is 15.2 Å². The number of anilines is 1. The van der Waals surface area contributed by atoms with E-state index in [9.17, 15) is 15.0 Å². The largest absolute Gasteiger partial charge is 0.504 e. The summed E-state index contributed by atoms with van der Waals surface area (Å²) in [4.78, 5) is 16.5. The van der Waals surface area contributed by atoms with Crippen LogP contribution in [0.25, 0.3) is 17.0 Å². The van der Waals surface area contributed by atoms with Crippen molar-refractivity contribution in [2.24, 2.45) is 0 Å². The molecule has 0 fully saturated rings. The number of aromatic nitrogens is 3. The van der Waals surface area contributed by atoms with Crippen LogP contribution in [0.3, 0.4) is 0 Å². The summed E-state index contributed by atoms with van der Waals surface area (Å²) >= 11 is 1.25. The Labute approximate surface area is 141 Å². The van der Waals surface area contributed by atoms with E-state index in [0.29, 0.717) is 22.1 Å². The van der Waals surface area contributed by atoms with E-state index in [0.717, 1.165) is 0 Å². The highest BCUT2D eigenvalue weighted by Crippen LogP contribution is 2.29. The molecule has 7 nitrogen and oxygen atoms in total. The van der Waals surface area contributed by atoms with Crippen LogP contribution in [0, 0.1) is 0 Å². The van der Waals surface area contributed by atoms with Crippen LogP contribution < -0.4 is 5.32 Å². The van der Waals surface area contributed by atoms with Gasteiger partial charge in [-0.1, -0.05) is 12.6 Å². The Morgan fingerprint density at radius 1 is 1.17 bits per heavy atom. The zero-order chi connectivity index (χ0) is 17.1. The minimum atomic E-state index is -0.458. The fraction of sp³-hybridized carbons (Fsp3) is 0. The van der Waals surface area contributed by atoms with Gasteiger partial charge in [-0.05, 0) is 29.8 Å². The maximum Gasteiger partial charge on any atom is 0.257 e. The van der Waals surface area contributed by atoms with Crippen LogP contribution in [0.2, 0.25) is 0 Å². The molecule has 0 atom stereocenters. The molecule has 24 heavy (non-hydrogen) atoms. The first kappa shape index (κ1) is 15.6. The lowest BCUT2D eigenvalue weighted by atomic mass is 10.1. The summed E-state index contributed by atoms with van der Waals surface area (Å²) in [5.74, 6) is -1.04. The summed E-state index contributed by atoms with van der Waals surface area (Å²) in [5, 5.41) is 31.3. The topological polar surface area (TPSA) is 108 Å². The molecule has 0 unspecified atom stereocenters. The highest BCUT2D eigenvalue weighted by atomic mass is 32.1. The van der Waals surface area contributed by atoms with Crippen molar-refractivity contribution < 1.29 is 15.0 Å². The third-order valence-corrected chi connectivity index (χ3v) is 3.92. The zero-order valence-electron chi connectivity index (χ0n) is 12.3. The van der Waals surface area contributed by atoms with Gasteiger partial charge in [0.15, 0.2) is 16.6 Å². The van der Waals surface area contributed by atoms with E-state index in [-0.39, 0.29) is 17.1 Å². The van der Waals surface area contributed by atoms with Crippen LogP contribution >= 0.6 is 11.3 Å². The molecule has 0 saturated heterocycles. The number of nitrogens with one attached hydrogen (secondary N) is 1. The van der Waals surface area contributed by atoms with Gasteiger partial charge in [-0.2, -0.15) is 5.10 Å². The fourth-order valence-electron chi connectivity index (χ4n) is 1.90. The molecule has 0 aliphatic carbocycles. The Balaban J connectivity index is 1.74. The lowest BCUT2D eigenvalue weighted by Crippen LogP contribution is -2.12. The van der Waals surface area contributed by atoms with Crippen molar-refractivity contribution in [3.8, 4) is 22.9 Å². The molecule has 0 spiro atoms. The van der Waals surface area contributed by atoms with E-state index < -0.39 is 5.91 Å². The number of rotatable bonds is 4. The van der Waals surface area contributed by atoms with Gasteiger partial charge >= 0.3 is 0 Å². The first-order valence-electron chi connectivity index (χ1n) is 6.81. The van der Waals surface area contributed by atoms with Gasteiger partial charge in [0.1, 0.15) is 11.4 Å². The molecule has 2 heterocycles. The van der Waals surface area contributed by atoms with Gasteiger partial charge in [0.2, 0.25) is 0 Å². The summed E-state index contributed by atoms with van der Waals surface area (Å²) in [5.41, 5.74) is 1.75. The minimum absolute atomic E-state index is 0.140. The number of nitrogens with zero attached hydrogens (tertiary/aromatic N) is 3. The van der Waals surface area contributed by atoms with Gasteiger partial charge in [0.05, 0.1) is 0 Å². The standard InChI is InChI=1S/C16H12N4O3S/c1-9(10-4-5-13(21)14(22)7-10)15(23)19-16-18-12(8-24-16)11-3-2-6-17-20-11/h2-8,21-22H,1H2,(H,18,19,23). The number of carbonyl (C=O) groups excluding carboxylic acids is 1. The van der Waals surface area contributed by atoms with Crippen LogP contribution in [-0.4, -0.2) is 31.3 Å². The SMILES string of the molecule is C=C(C(=O)Nc1nc(-c2cccnn2)cs1)c1ccc(O)c(O)c1. The molecular weight excluding hydrogens is 328 g/mol. The Kier molecular flexibility index (Phi) is 4.21. The minimum Gasteiger partial charge on any atom is -0.504 e. The van der Waals surface area contributed by atoms with Crippen molar-refractivity contribution in [1.29, 1.82) is 0 Å². The second-order valence-electron chi connectivity index (χ2n) is 4.78. The molecule has 0 saturated carbocycles. The van der Waals surface area contributed by atoms with Crippen molar-refractivity contribution in [2.45, 2.75) is 0 Å². The number of benzene rings is 1. The molecular formula is C16H12N4O3S. The molecule has 2 aromatic heterocycles. The van der Waals surface area contributed by atoms with Crippen molar-refractivity contribution >= 4 is 27.9 Å². The van der Waals surface area contributed by atoms with Crippen LogP contribution in [0.5, 0.6) is 11.5 Å². The lowest BCUT2D eigenvalue weighted by molar-refractivity contribution is -0.111. The smallest absolute Gasteiger partial charge is 0.257 e. The second kappa shape index (κ2) is 6.47. The third-order valence-electron chi connectivity index (χ3n) is 3.16. The number of carbonyl (C=O) groups is 1. The maximum atomic E-state index is 12.2. The molecule has 0 aliphatic rings. The van der Waals surface area contributed by atoms with Gasteiger partial charge in [0.25, 0.3) is 5.91 Å². The van der Waals surface area contributed by atoms with E-state index >= 15 is 0 Å². The Morgan fingerprint density at radius 2 is 2.00 bits per heavy atom. The predicted molar refractivity (Wildman–Crippen MR) is 90.6 cm³/mol. The van der Waals surface area contributed by atoms with Gasteiger partial charge < -0.3 is 10.2 Å². The number of amides is 1. The average Bonchev–Trinajstić information content (AvgIpc) is 3.06. The number of phenols is 2. The molecule has 120 valence electrons. The quantitative estimate of drug-likeness (QED) is 0.498. The van der Waals surface area contributed by atoms with E-state index in [2.05, 4.69) is 27.1 Å².